The van der Waals surface area contributed by atoms with Crippen LogP contribution in [0, 0.1) is 10.1 Å². The molecule has 0 saturated heterocycles. The number of amides is 1. The third-order valence-electron chi connectivity index (χ3n) is 3.62. The zero-order valence-electron chi connectivity index (χ0n) is 12.8. The van der Waals surface area contributed by atoms with E-state index in [0.29, 0.717) is 21.9 Å². The first-order valence-corrected chi connectivity index (χ1v) is 7.56. The number of halogens is 1. The predicted molar refractivity (Wildman–Crippen MR) is 94.5 cm³/mol. The summed E-state index contributed by atoms with van der Waals surface area (Å²) in [5, 5.41) is 11.8. The molecule has 0 unspecified atom stereocenters. The molecule has 1 heterocycles. The lowest BCUT2D eigenvalue weighted by atomic mass is 10.00. The quantitative estimate of drug-likeness (QED) is 0.378. The van der Waals surface area contributed by atoms with Gasteiger partial charge in [0.15, 0.2) is 5.69 Å². The molecule has 1 amide bonds. The van der Waals surface area contributed by atoms with Crippen molar-refractivity contribution >= 4 is 40.3 Å². The van der Waals surface area contributed by atoms with Crippen molar-refractivity contribution in [1.29, 1.82) is 0 Å². The summed E-state index contributed by atoms with van der Waals surface area (Å²) >= 11 is 6.25. The molecule has 25 heavy (non-hydrogen) atoms. The number of nitro benzene ring substituents is 1. The number of nitrogens with one attached hydrogen (secondary N) is 1. The van der Waals surface area contributed by atoms with Crippen molar-refractivity contribution in [3.05, 3.63) is 68.7 Å². The molecule has 9 heteroatoms. The van der Waals surface area contributed by atoms with Crippen molar-refractivity contribution in [2.75, 3.05) is 6.54 Å². The molecule has 0 aromatic heterocycles. The molecule has 8 nitrogen and oxygen atoms in total. The van der Waals surface area contributed by atoms with Gasteiger partial charge in [-0.15, -0.1) is 0 Å². The second-order valence-electron chi connectivity index (χ2n) is 5.11. The Morgan fingerprint density at radius 3 is 2.60 bits per heavy atom. The van der Waals surface area contributed by atoms with E-state index in [9.17, 15) is 14.9 Å². The summed E-state index contributed by atoms with van der Waals surface area (Å²) in [7, 11) is 0. The van der Waals surface area contributed by atoms with Crippen LogP contribution in [0.15, 0.2) is 52.4 Å². The number of aliphatic imine (C=N–C) groups is 2. The van der Waals surface area contributed by atoms with Gasteiger partial charge in [0.2, 0.25) is 0 Å². The smallest absolute Gasteiger partial charge is 0.289 e. The maximum Gasteiger partial charge on any atom is 0.295 e. The predicted octanol–water partition coefficient (Wildman–Crippen LogP) is 2.16. The van der Waals surface area contributed by atoms with Crippen LogP contribution in [0.3, 0.4) is 0 Å². The number of fused-ring (bicyclic) bond motifs is 1. The molecule has 2 aromatic carbocycles. The zero-order valence-corrected chi connectivity index (χ0v) is 13.5. The normalized spacial score (nSPS) is 13.2. The molecule has 3 rings (SSSR count). The fourth-order valence-electron chi connectivity index (χ4n) is 2.49. The number of carbonyl (C=O) groups excluding carboxylic acids is 1. The summed E-state index contributed by atoms with van der Waals surface area (Å²) in [6, 6.07) is 11.5. The van der Waals surface area contributed by atoms with Crippen LogP contribution in [-0.4, -0.2) is 28.8 Å². The Hall–Kier alpha value is -3.10. The number of nitrogens with two attached hydrogens (primary N) is 1. The molecular formula is C16H12ClN5O3. The molecule has 1 aliphatic rings. The summed E-state index contributed by atoms with van der Waals surface area (Å²) < 4.78 is 0. The van der Waals surface area contributed by atoms with Gasteiger partial charge in [-0.1, -0.05) is 41.9 Å². The summed E-state index contributed by atoms with van der Waals surface area (Å²) in [6.45, 7) is -0.0879. The lowest BCUT2D eigenvalue weighted by molar-refractivity contribution is -0.384. The summed E-state index contributed by atoms with van der Waals surface area (Å²) in [5.74, 6) is 4.50. The fraction of sp³-hybridized carbons (Fsp3) is 0.0625. The molecule has 0 radical (unpaired) electrons. The second kappa shape index (κ2) is 6.80. The third kappa shape index (κ3) is 3.12. The minimum atomic E-state index is -0.659. The van der Waals surface area contributed by atoms with Crippen LogP contribution >= 0.6 is 11.6 Å². The highest BCUT2D eigenvalue weighted by atomic mass is 35.5. The van der Waals surface area contributed by atoms with E-state index in [1.165, 1.54) is 12.1 Å². The first-order valence-electron chi connectivity index (χ1n) is 7.18. The molecule has 0 bridgehead atoms. The molecule has 0 atom stereocenters. The van der Waals surface area contributed by atoms with E-state index in [2.05, 4.69) is 9.98 Å². The van der Waals surface area contributed by atoms with Crippen LogP contribution in [0.2, 0.25) is 5.02 Å². The standard InChI is InChI=1S/C16H12ClN5O3/c17-11-6-2-1-4-9(11)14-10-5-3-7-13(22(24)25)15(10)20-12(8-19-14)16(23)21-18/h1-7H,8,18H2,(H,21,23). The zero-order chi connectivity index (χ0) is 18.0. The van der Waals surface area contributed by atoms with E-state index in [0.717, 1.165) is 0 Å². The van der Waals surface area contributed by atoms with Gasteiger partial charge in [0, 0.05) is 22.2 Å². The van der Waals surface area contributed by atoms with Crippen LogP contribution in [0.4, 0.5) is 11.4 Å². The number of hydrogen-bond donors (Lipinski definition) is 2. The largest absolute Gasteiger partial charge is 0.295 e. The molecule has 1 aliphatic heterocycles. The van der Waals surface area contributed by atoms with E-state index < -0.39 is 10.8 Å². The van der Waals surface area contributed by atoms with Crippen LogP contribution in [0.25, 0.3) is 0 Å². The lowest BCUT2D eigenvalue weighted by Crippen LogP contribution is -2.37. The van der Waals surface area contributed by atoms with Crippen molar-refractivity contribution in [2.45, 2.75) is 0 Å². The molecule has 0 spiro atoms. The van der Waals surface area contributed by atoms with Gasteiger partial charge < -0.3 is 0 Å². The van der Waals surface area contributed by atoms with Crippen LogP contribution in [0.5, 0.6) is 0 Å². The first-order chi connectivity index (χ1) is 12.0. The number of hydrazine groups is 1. The van der Waals surface area contributed by atoms with Gasteiger partial charge in [0.05, 0.1) is 17.2 Å². The highest BCUT2D eigenvalue weighted by molar-refractivity contribution is 6.41. The number of rotatable bonds is 3. The topological polar surface area (TPSA) is 123 Å². The van der Waals surface area contributed by atoms with Crippen molar-refractivity contribution in [2.24, 2.45) is 15.8 Å². The van der Waals surface area contributed by atoms with Crippen molar-refractivity contribution in [1.82, 2.24) is 5.43 Å². The summed E-state index contributed by atoms with van der Waals surface area (Å²) in [6.07, 6.45) is 0. The van der Waals surface area contributed by atoms with E-state index in [1.54, 1.807) is 30.3 Å². The van der Waals surface area contributed by atoms with E-state index in [-0.39, 0.29) is 23.6 Å². The van der Waals surface area contributed by atoms with Crippen LogP contribution in [0.1, 0.15) is 11.1 Å². The second-order valence-corrected chi connectivity index (χ2v) is 5.51. The first kappa shape index (κ1) is 16.7. The number of nitrogens with zero attached hydrogens (tertiary/aromatic N) is 3. The third-order valence-corrected chi connectivity index (χ3v) is 3.95. The summed E-state index contributed by atoms with van der Waals surface area (Å²) in [4.78, 5) is 31.3. The molecule has 0 fully saturated rings. The van der Waals surface area contributed by atoms with E-state index in [4.69, 9.17) is 17.4 Å². The minimum absolute atomic E-state index is 0.0277. The fourth-order valence-corrected chi connectivity index (χ4v) is 2.71. The van der Waals surface area contributed by atoms with Gasteiger partial charge in [0.1, 0.15) is 5.71 Å². The molecular weight excluding hydrogens is 346 g/mol. The SMILES string of the molecule is NNC(=O)C1=Nc2c(cccc2[N+](=O)[O-])C(c2ccccc2Cl)=NC1. The van der Waals surface area contributed by atoms with Gasteiger partial charge in [-0.05, 0) is 6.07 Å². The lowest BCUT2D eigenvalue weighted by Gasteiger charge is -2.10. The van der Waals surface area contributed by atoms with Crippen LogP contribution in [-0.2, 0) is 4.79 Å². The van der Waals surface area contributed by atoms with Crippen molar-refractivity contribution in [3.8, 4) is 0 Å². The maximum absolute atomic E-state index is 11.9. The number of benzene rings is 2. The number of para-hydroxylation sites is 1. The van der Waals surface area contributed by atoms with E-state index in [1.807, 2.05) is 5.43 Å². The average Bonchev–Trinajstić information content (AvgIpc) is 2.81. The van der Waals surface area contributed by atoms with Crippen molar-refractivity contribution in [3.63, 3.8) is 0 Å². The molecule has 126 valence electrons. The van der Waals surface area contributed by atoms with Gasteiger partial charge in [0.25, 0.3) is 11.6 Å². The van der Waals surface area contributed by atoms with Gasteiger partial charge in [-0.2, -0.15) is 0 Å². The minimum Gasteiger partial charge on any atom is -0.289 e. The van der Waals surface area contributed by atoms with Gasteiger partial charge >= 0.3 is 0 Å². The Kier molecular flexibility index (Phi) is 4.55. The number of hydrogen-bond acceptors (Lipinski definition) is 6. The Labute approximate surface area is 147 Å². The maximum atomic E-state index is 11.9. The number of nitro groups is 1. The number of carbonyl (C=O) groups is 1. The van der Waals surface area contributed by atoms with E-state index >= 15 is 0 Å². The van der Waals surface area contributed by atoms with Gasteiger partial charge in [-0.25, -0.2) is 10.8 Å². The Morgan fingerprint density at radius 1 is 1.20 bits per heavy atom. The summed E-state index contributed by atoms with van der Waals surface area (Å²) in [5.41, 5.74) is 3.19. The highest BCUT2D eigenvalue weighted by Gasteiger charge is 2.26. The molecule has 0 aliphatic carbocycles. The Morgan fingerprint density at radius 2 is 1.92 bits per heavy atom. The van der Waals surface area contributed by atoms with Crippen LogP contribution < -0.4 is 11.3 Å². The monoisotopic (exact) mass is 357 g/mol. The van der Waals surface area contributed by atoms with Crippen molar-refractivity contribution < 1.29 is 9.72 Å². The van der Waals surface area contributed by atoms with Gasteiger partial charge in [-0.3, -0.25) is 25.3 Å². The average molecular weight is 358 g/mol. The Balaban J connectivity index is 2.29. The molecule has 0 saturated carbocycles. The molecule has 2 aromatic rings. The molecule has 3 N–H and O–H groups in total. The highest BCUT2D eigenvalue weighted by Crippen LogP contribution is 2.35. The Bertz CT molecular complexity index is 939.